The molecule has 0 bridgehead atoms. The Balaban J connectivity index is 1.76. The maximum atomic E-state index is 13.0. The van der Waals surface area contributed by atoms with Gasteiger partial charge in [-0.3, -0.25) is 14.5 Å². The van der Waals surface area contributed by atoms with E-state index in [9.17, 15) is 14.4 Å². The van der Waals surface area contributed by atoms with Crippen LogP contribution in [0, 0.1) is 11.8 Å². The summed E-state index contributed by atoms with van der Waals surface area (Å²) in [4.78, 5) is 40.9. The Bertz CT molecular complexity index is 743. The van der Waals surface area contributed by atoms with Crippen LogP contribution in [0.2, 0.25) is 0 Å². The van der Waals surface area contributed by atoms with Crippen LogP contribution in [0.3, 0.4) is 0 Å². The SMILES string of the molecule is C[C@@H]1C[C@H](C)CN(C(=O)CN2C(=O)N[C@@](C)(c3cccc(Br)c3)C2=O)C1. The third-order valence-corrected chi connectivity index (χ3v) is 5.69. The summed E-state index contributed by atoms with van der Waals surface area (Å²) in [5, 5.41) is 2.75. The second-order valence-electron chi connectivity index (χ2n) is 7.70. The van der Waals surface area contributed by atoms with Crippen molar-refractivity contribution in [2.24, 2.45) is 11.8 Å². The molecule has 0 aliphatic carbocycles. The zero-order valence-electron chi connectivity index (χ0n) is 15.3. The Morgan fingerprint density at radius 2 is 1.92 bits per heavy atom. The second-order valence-corrected chi connectivity index (χ2v) is 8.62. The van der Waals surface area contributed by atoms with Crippen LogP contribution in [-0.2, 0) is 15.1 Å². The Labute approximate surface area is 162 Å². The van der Waals surface area contributed by atoms with Gasteiger partial charge in [0.15, 0.2) is 0 Å². The molecule has 1 aromatic rings. The third kappa shape index (κ3) is 3.49. The van der Waals surface area contributed by atoms with E-state index in [2.05, 4.69) is 35.1 Å². The molecule has 6 nitrogen and oxygen atoms in total. The predicted octanol–water partition coefficient (Wildman–Crippen LogP) is 2.72. The monoisotopic (exact) mass is 421 g/mol. The zero-order valence-corrected chi connectivity index (χ0v) is 16.9. The van der Waals surface area contributed by atoms with Crippen molar-refractivity contribution in [2.75, 3.05) is 19.6 Å². The van der Waals surface area contributed by atoms with Crippen molar-refractivity contribution < 1.29 is 14.4 Å². The lowest BCUT2D eigenvalue weighted by Gasteiger charge is -2.35. The Kier molecular flexibility index (Phi) is 5.10. The molecule has 26 heavy (non-hydrogen) atoms. The topological polar surface area (TPSA) is 69.7 Å². The van der Waals surface area contributed by atoms with Crippen LogP contribution in [0.15, 0.2) is 28.7 Å². The normalized spacial score (nSPS) is 29.1. The number of piperidine rings is 1. The number of rotatable bonds is 3. The molecule has 0 unspecified atom stereocenters. The number of likely N-dealkylation sites (tertiary alicyclic amines) is 1. The number of urea groups is 1. The lowest BCUT2D eigenvalue weighted by molar-refractivity contribution is -0.140. The highest BCUT2D eigenvalue weighted by molar-refractivity contribution is 9.10. The molecule has 0 spiro atoms. The third-order valence-electron chi connectivity index (χ3n) is 5.19. The Hall–Kier alpha value is -1.89. The van der Waals surface area contributed by atoms with Crippen LogP contribution in [0.5, 0.6) is 0 Å². The number of nitrogens with zero attached hydrogens (tertiary/aromatic N) is 2. The van der Waals surface area contributed by atoms with E-state index < -0.39 is 17.5 Å². The molecule has 3 rings (SSSR count). The average Bonchev–Trinajstić information content (AvgIpc) is 2.78. The maximum absolute atomic E-state index is 13.0. The molecule has 1 aromatic carbocycles. The molecule has 0 radical (unpaired) electrons. The number of carbonyl (C=O) groups excluding carboxylic acids is 3. The van der Waals surface area contributed by atoms with E-state index in [1.54, 1.807) is 24.0 Å². The Morgan fingerprint density at radius 3 is 2.54 bits per heavy atom. The molecule has 0 aromatic heterocycles. The van der Waals surface area contributed by atoms with Crippen molar-refractivity contribution in [1.82, 2.24) is 15.1 Å². The van der Waals surface area contributed by atoms with E-state index >= 15 is 0 Å². The summed E-state index contributed by atoms with van der Waals surface area (Å²) in [6, 6.07) is 6.74. The van der Waals surface area contributed by atoms with E-state index in [1.165, 1.54) is 0 Å². The first-order chi connectivity index (χ1) is 12.2. The van der Waals surface area contributed by atoms with Crippen LogP contribution in [0.25, 0.3) is 0 Å². The van der Waals surface area contributed by atoms with Gasteiger partial charge < -0.3 is 10.2 Å². The van der Waals surface area contributed by atoms with Crippen molar-refractivity contribution in [3.63, 3.8) is 0 Å². The molecule has 1 N–H and O–H groups in total. The zero-order chi connectivity index (χ0) is 19.1. The predicted molar refractivity (Wildman–Crippen MR) is 101 cm³/mol. The first-order valence-electron chi connectivity index (χ1n) is 8.88. The number of benzene rings is 1. The summed E-state index contributed by atoms with van der Waals surface area (Å²) in [5.41, 5.74) is -0.482. The summed E-state index contributed by atoms with van der Waals surface area (Å²) in [5.74, 6) is 0.285. The van der Waals surface area contributed by atoms with Gasteiger partial charge in [0.05, 0.1) is 0 Å². The molecule has 2 heterocycles. The van der Waals surface area contributed by atoms with Gasteiger partial charge in [-0.25, -0.2) is 4.79 Å². The summed E-state index contributed by atoms with van der Waals surface area (Å²) < 4.78 is 0.823. The van der Waals surface area contributed by atoms with Crippen LogP contribution in [0.1, 0.15) is 32.8 Å². The lowest BCUT2D eigenvalue weighted by atomic mass is 9.91. The smallest absolute Gasteiger partial charge is 0.325 e. The van der Waals surface area contributed by atoms with Crippen LogP contribution >= 0.6 is 15.9 Å². The highest BCUT2D eigenvalue weighted by Crippen LogP contribution is 2.30. The number of hydrogen-bond acceptors (Lipinski definition) is 3. The van der Waals surface area contributed by atoms with E-state index in [-0.39, 0.29) is 12.5 Å². The molecule has 7 heteroatoms. The fraction of sp³-hybridized carbons (Fsp3) is 0.526. The molecule has 140 valence electrons. The molecule has 0 saturated carbocycles. The number of halogens is 1. The van der Waals surface area contributed by atoms with Gasteiger partial charge in [-0.2, -0.15) is 0 Å². The quantitative estimate of drug-likeness (QED) is 0.762. The van der Waals surface area contributed by atoms with Crippen molar-refractivity contribution in [3.8, 4) is 0 Å². The largest absolute Gasteiger partial charge is 0.341 e. The summed E-state index contributed by atoms with van der Waals surface area (Å²) in [6.45, 7) is 7.05. The number of hydrogen-bond donors (Lipinski definition) is 1. The minimum absolute atomic E-state index is 0.176. The van der Waals surface area contributed by atoms with Crippen molar-refractivity contribution >= 4 is 33.8 Å². The minimum Gasteiger partial charge on any atom is -0.341 e. The first kappa shape index (κ1) is 18.9. The van der Waals surface area contributed by atoms with Crippen LogP contribution in [-0.4, -0.2) is 47.3 Å². The number of nitrogens with one attached hydrogen (secondary N) is 1. The summed E-state index contributed by atoms with van der Waals surface area (Å²) in [7, 11) is 0. The fourth-order valence-corrected chi connectivity index (χ4v) is 4.34. The van der Waals surface area contributed by atoms with Gasteiger partial charge in [0.2, 0.25) is 5.91 Å². The highest BCUT2D eigenvalue weighted by Gasteiger charge is 2.49. The fourth-order valence-electron chi connectivity index (χ4n) is 3.94. The lowest BCUT2D eigenvalue weighted by Crippen LogP contribution is -2.48. The summed E-state index contributed by atoms with van der Waals surface area (Å²) in [6.07, 6.45) is 1.09. The van der Waals surface area contributed by atoms with Crippen LogP contribution < -0.4 is 5.32 Å². The van der Waals surface area contributed by atoms with Crippen molar-refractivity contribution in [2.45, 2.75) is 32.7 Å². The van der Waals surface area contributed by atoms with Gasteiger partial charge >= 0.3 is 6.03 Å². The van der Waals surface area contributed by atoms with E-state index in [4.69, 9.17) is 0 Å². The van der Waals surface area contributed by atoms with Gasteiger partial charge in [-0.05, 0) is 42.9 Å². The molecule has 2 saturated heterocycles. The molecule has 4 amide bonds. The molecule has 2 aliphatic rings. The number of amides is 4. The van der Waals surface area contributed by atoms with Gasteiger partial charge in [0, 0.05) is 17.6 Å². The van der Waals surface area contributed by atoms with Gasteiger partial charge in [0.25, 0.3) is 5.91 Å². The maximum Gasteiger partial charge on any atom is 0.325 e. The van der Waals surface area contributed by atoms with Crippen LogP contribution in [0.4, 0.5) is 4.79 Å². The van der Waals surface area contributed by atoms with Gasteiger partial charge in [-0.15, -0.1) is 0 Å². The van der Waals surface area contributed by atoms with Crippen molar-refractivity contribution in [3.05, 3.63) is 34.3 Å². The molecule has 3 atom stereocenters. The average molecular weight is 422 g/mol. The second kappa shape index (κ2) is 7.02. The Morgan fingerprint density at radius 1 is 1.27 bits per heavy atom. The minimum atomic E-state index is -1.16. The summed E-state index contributed by atoms with van der Waals surface area (Å²) >= 11 is 3.39. The molecular weight excluding hydrogens is 398 g/mol. The number of imide groups is 1. The number of carbonyl (C=O) groups is 3. The molecular formula is C19H24BrN3O3. The van der Waals surface area contributed by atoms with E-state index in [0.717, 1.165) is 15.8 Å². The molecule has 2 aliphatic heterocycles. The van der Waals surface area contributed by atoms with E-state index in [0.29, 0.717) is 30.5 Å². The standard InChI is InChI=1S/C19H24BrN3O3/c1-12-7-13(2)10-22(9-12)16(24)11-23-17(25)19(3,21-18(23)26)14-5-4-6-15(20)8-14/h4-6,8,12-13H,7,9-11H2,1-3H3,(H,21,26)/t12-,13+,19-/m0/s1. The first-order valence-corrected chi connectivity index (χ1v) is 9.68. The van der Waals surface area contributed by atoms with Gasteiger partial charge in [0.1, 0.15) is 12.1 Å². The van der Waals surface area contributed by atoms with E-state index in [1.807, 2.05) is 12.1 Å². The molecule has 2 fully saturated rings. The van der Waals surface area contributed by atoms with Crippen molar-refractivity contribution in [1.29, 1.82) is 0 Å². The highest BCUT2D eigenvalue weighted by atomic mass is 79.9. The van der Waals surface area contributed by atoms with Gasteiger partial charge in [-0.1, -0.05) is 41.9 Å².